The number of rotatable bonds is 0. The Balaban J connectivity index is 1.97. The topological polar surface area (TPSA) is 24.1 Å². The van der Waals surface area contributed by atoms with Crippen LogP contribution in [-0.2, 0) is 0 Å². The molecule has 0 aromatic heterocycles. The normalized spacial score (nSPS) is 39.3. The molecule has 0 bridgehead atoms. The molecule has 1 spiro atoms. The average molecular weight is 154 g/mol. The predicted octanol–water partition coefficient (Wildman–Crippen LogP) is 0.882. The molecule has 11 heavy (non-hydrogen) atoms. The molecule has 2 aliphatic rings. The summed E-state index contributed by atoms with van der Waals surface area (Å²) in [6.45, 7) is 3.65. The summed E-state index contributed by atoms with van der Waals surface area (Å²) in [5, 5.41) is 7.14. The fourth-order valence-corrected chi connectivity index (χ4v) is 2.32. The van der Waals surface area contributed by atoms with Gasteiger partial charge in [-0.25, -0.2) is 0 Å². The predicted molar refractivity (Wildman–Crippen MR) is 46.7 cm³/mol. The highest BCUT2D eigenvalue weighted by atomic mass is 15.1. The van der Waals surface area contributed by atoms with Gasteiger partial charge in [-0.15, -0.1) is 0 Å². The molecule has 2 saturated heterocycles. The lowest BCUT2D eigenvalue weighted by atomic mass is 9.93. The highest BCUT2D eigenvalue weighted by Crippen LogP contribution is 2.24. The van der Waals surface area contributed by atoms with Crippen molar-refractivity contribution in [3.63, 3.8) is 0 Å². The van der Waals surface area contributed by atoms with Crippen LogP contribution in [0.2, 0.25) is 0 Å². The number of nitrogens with one attached hydrogen (secondary N) is 2. The van der Waals surface area contributed by atoms with Crippen LogP contribution in [0.5, 0.6) is 0 Å². The lowest BCUT2D eigenvalue weighted by Gasteiger charge is -2.27. The molecule has 2 heterocycles. The Morgan fingerprint density at radius 3 is 2.73 bits per heavy atom. The number of hydrogen-bond acceptors (Lipinski definition) is 2. The third kappa shape index (κ3) is 1.57. The fourth-order valence-electron chi connectivity index (χ4n) is 2.32. The third-order valence-electron chi connectivity index (χ3n) is 3.08. The van der Waals surface area contributed by atoms with Crippen molar-refractivity contribution < 1.29 is 0 Å². The summed E-state index contributed by atoms with van der Waals surface area (Å²) < 4.78 is 0. The minimum Gasteiger partial charge on any atom is -0.315 e. The molecule has 0 aromatic rings. The van der Waals surface area contributed by atoms with Gasteiger partial charge in [0.05, 0.1) is 0 Å². The van der Waals surface area contributed by atoms with Crippen molar-refractivity contribution in [2.75, 3.05) is 19.6 Å². The van der Waals surface area contributed by atoms with Crippen molar-refractivity contribution in [1.29, 1.82) is 0 Å². The second kappa shape index (κ2) is 3.11. The van der Waals surface area contributed by atoms with Crippen molar-refractivity contribution >= 4 is 0 Å². The third-order valence-corrected chi connectivity index (χ3v) is 3.08. The van der Waals surface area contributed by atoms with Gasteiger partial charge in [-0.1, -0.05) is 12.8 Å². The quantitative estimate of drug-likeness (QED) is 0.541. The summed E-state index contributed by atoms with van der Waals surface area (Å²) in [5.41, 5.74) is 0.497. The van der Waals surface area contributed by atoms with Crippen LogP contribution in [0.15, 0.2) is 0 Å². The van der Waals surface area contributed by atoms with Crippen LogP contribution in [0.1, 0.15) is 32.1 Å². The molecule has 64 valence electrons. The highest BCUT2D eigenvalue weighted by Gasteiger charge is 2.33. The molecule has 2 N–H and O–H groups in total. The van der Waals surface area contributed by atoms with Crippen LogP contribution < -0.4 is 10.6 Å². The second-order valence-electron chi connectivity index (χ2n) is 3.94. The molecule has 2 rings (SSSR count). The van der Waals surface area contributed by atoms with Crippen molar-refractivity contribution in [2.45, 2.75) is 37.6 Å². The van der Waals surface area contributed by atoms with Crippen molar-refractivity contribution in [3.8, 4) is 0 Å². The molecule has 1 unspecified atom stereocenters. The maximum atomic E-state index is 3.69. The molecule has 2 aliphatic heterocycles. The van der Waals surface area contributed by atoms with Gasteiger partial charge in [0.1, 0.15) is 0 Å². The van der Waals surface area contributed by atoms with Crippen LogP contribution in [-0.4, -0.2) is 25.2 Å². The van der Waals surface area contributed by atoms with Crippen LogP contribution in [0.25, 0.3) is 0 Å². The van der Waals surface area contributed by atoms with Gasteiger partial charge >= 0.3 is 0 Å². The van der Waals surface area contributed by atoms with Crippen molar-refractivity contribution in [2.24, 2.45) is 0 Å². The molecule has 0 radical (unpaired) electrons. The molecule has 0 saturated carbocycles. The van der Waals surface area contributed by atoms with Gasteiger partial charge in [-0.05, 0) is 32.4 Å². The lowest BCUT2D eigenvalue weighted by Crippen LogP contribution is -2.46. The maximum Gasteiger partial charge on any atom is 0.0318 e. The monoisotopic (exact) mass is 154 g/mol. The molecular weight excluding hydrogens is 136 g/mol. The van der Waals surface area contributed by atoms with E-state index in [2.05, 4.69) is 10.6 Å². The Kier molecular flexibility index (Phi) is 2.14. The summed E-state index contributed by atoms with van der Waals surface area (Å²) >= 11 is 0. The summed E-state index contributed by atoms with van der Waals surface area (Å²) in [5.74, 6) is 0. The zero-order chi connectivity index (χ0) is 7.57. The van der Waals surface area contributed by atoms with Gasteiger partial charge in [0.15, 0.2) is 0 Å². The second-order valence-corrected chi connectivity index (χ2v) is 3.94. The fraction of sp³-hybridized carbons (Fsp3) is 1.00. The Labute approximate surface area is 68.7 Å². The van der Waals surface area contributed by atoms with Gasteiger partial charge in [0.25, 0.3) is 0 Å². The van der Waals surface area contributed by atoms with E-state index in [1.165, 1.54) is 51.7 Å². The minimum atomic E-state index is 0.497. The highest BCUT2D eigenvalue weighted by molar-refractivity contribution is 4.96. The van der Waals surface area contributed by atoms with Crippen molar-refractivity contribution in [1.82, 2.24) is 10.6 Å². The summed E-state index contributed by atoms with van der Waals surface area (Å²) in [6, 6.07) is 0. The van der Waals surface area contributed by atoms with Gasteiger partial charge in [-0.2, -0.15) is 0 Å². The van der Waals surface area contributed by atoms with Crippen LogP contribution >= 0.6 is 0 Å². The van der Waals surface area contributed by atoms with Crippen LogP contribution in [0.3, 0.4) is 0 Å². The molecule has 1 atom stereocenters. The minimum absolute atomic E-state index is 0.497. The Morgan fingerprint density at radius 2 is 1.91 bits per heavy atom. The van der Waals surface area contributed by atoms with E-state index in [0.717, 1.165) is 0 Å². The first-order valence-electron chi connectivity index (χ1n) is 4.87. The van der Waals surface area contributed by atoms with E-state index in [4.69, 9.17) is 0 Å². The van der Waals surface area contributed by atoms with Crippen molar-refractivity contribution in [3.05, 3.63) is 0 Å². The van der Waals surface area contributed by atoms with E-state index in [1.807, 2.05) is 0 Å². The number of hydrogen-bond donors (Lipinski definition) is 2. The SMILES string of the molecule is C1CCNC2(CC1)CCNC2. The standard InChI is InChI=1S/C9H18N2/c1-2-4-9(11-6-3-1)5-7-10-8-9/h10-11H,1-8H2. The van der Waals surface area contributed by atoms with Gasteiger partial charge in [0, 0.05) is 12.1 Å². The molecular formula is C9H18N2. The first kappa shape index (κ1) is 7.56. The summed E-state index contributed by atoms with van der Waals surface area (Å²) in [4.78, 5) is 0. The maximum absolute atomic E-state index is 3.69. The molecule has 2 heteroatoms. The van der Waals surface area contributed by atoms with E-state index in [-0.39, 0.29) is 0 Å². The molecule has 0 amide bonds. The Morgan fingerprint density at radius 1 is 0.909 bits per heavy atom. The summed E-state index contributed by atoms with van der Waals surface area (Å²) in [7, 11) is 0. The molecule has 0 aromatic carbocycles. The van der Waals surface area contributed by atoms with E-state index in [0.29, 0.717) is 5.54 Å². The van der Waals surface area contributed by atoms with Crippen LogP contribution in [0.4, 0.5) is 0 Å². The average Bonchev–Trinajstić information content (AvgIpc) is 2.32. The van der Waals surface area contributed by atoms with E-state index >= 15 is 0 Å². The Bertz CT molecular complexity index is 118. The Hall–Kier alpha value is -0.0800. The molecule has 2 fully saturated rings. The summed E-state index contributed by atoms with van der Waals surface area (Å²) in [6.07, 6.45) is 6.96. The first-order valence-corrected chi connectivity index (χ1v) is 4.87. The van der Waals surface area contributed by atoms with E-state index < -0.39 is 0 Å². The molecule has 2 nitrogen and oxygen atoms in total. The van der Waals surface area contributed by atoms with E-state index in [1.54, 1.807) is 0 Å². The van der Waals surface area contributed by atoms with Gasteiger partial charge < -0.3 is 10.6 Å². The largest absolute Gasteiger partial charge is 0.315 e. The van der Waals surface area contributed by atoms with Gasteiger partial charge in [-0.3, -0.25) is 0 Å². The smallest absolute Gasteiger partial charge is 0.0318 e. The molecule has 0 aliphatic carbocycles. The first-order chi connectivity index (χ1) is 5.41. The zero-order valence-corrected chi connectivity index (χ0v) is 7.16. The lowest BCUT2D eigenvalue weighted by molar-refractivity contribution is 0.347. The van der Waals surface area contributed by atoms with Crippen LogP contribution in [0, 0.1) is 0 Å². The van der Waals surface area contributed by atoms with Gasteiger partial charge in [0.2, 0.25) is 0 Å². The zero-order valence-electron chi connectivity index (χ0n) is 7.16. The van der Waals surface area contributed by atoms with E-state index in [9.17, 15) is 0 Å².